The molecule has 0 aliphatic rings. The predicted octanol–water partition coefficient (Wildman–Crippen LogP) is 3.44. The third-order valence-electron chi connectivity index (χ3n) is 3.69. The maximum absolute atomic E-state index is 12.2. The molecule has 0 aromatic heterocycles. The Hall–Kier alpha value is -1.51. The van der Waals surface area contributed by atoms with E-state index in [0.717, 1.165) is 24.0 Å². The summed E-state index contributed by atoms with van der Waals surface area (Å²) >= 11 is 0. The molecule has 0 fully saturated rings. The summed E-state index contributed by atoms with van der Waals surface area (Å²) in [7, 11) is 0. The quantitative estimate of drug-likeness (QED) is 0.799. The molecule has 0 aliphatic heterocycles. The van der Waals surface area contributed by atoms with Crippen LogP contribution in [-0.4, -0.2) is 11.9 Å². The van der Waals surface area contributed by atoms with Gasteiger partial charge in [-0.2, -0.15) is 0 Å². The van der Waals surface area contributed by atoms with Crippen molar-refractivity contribution < 1.29 is 4.79 Å². The number of anilines is 1. The van der Waals surface area contributed by atoms with Crippen molar-refractivity contribution in [2.75, 3.05) is 5.73 Å². The predicted molar refractivity (Wildman–Crippen MR) is 81.3 cm³/mol. The van der Waals surface area contributed by atoms with Crippen LogP contribution in [0.1, 0.15) is 55.1 Å². The van der Waals surface area contributed by atoms with Crippen molar-refractivity contribution in [3.63, 3.8) is 0 Å². The maximum Gasteiger partial charge on any atom is 0.251 e. The van der Waals surface area contributed by atoms with Gasteiger partial charge in [0, 0.05) is 17.3 Å². The maximum atomic E-state index is 12.2. The third kappa shape index (κ3) is 4.27. The number of amides is 1. The fourth-order valence-corrected chi connectivity index (χ4v) is 2.24. The first-order valence-electron chi connectivity index (χ1n) is 7.02. The monoisotopic (exact) mass is 262 g/mol. The van der Waals surface area contributed by atoms with Crippen molar-refractivity contribution in [3.8, 4) is 0 Å². The van der Waals surface area contributed by atoms with Crippen molar-refractivity contribution >= 4 is 11.6 Å². The highest BCUT2D eigenvalue weighted by atomic mass is 16.1. The molecule has 3 heteroatoms. The van der Waals surface area contributed by atoms with Crippen LogP contribution in [0.4, 0.5) is 5.69 Å². The van der Waals surface area contributed by atoms with Crippen LogP contribution < -0.4 is 11.1 Å². The topological polar surface area (TPSA) is 55.1 Å². The summed E-state index contributed by atoms with van der Waals surface area (Å²) in [5.41, 5.74) is 9.22. The molecular weight excluding hydrogens is 236 g/mol. The van der Waals surface area contributed by atoms with E-state index in [0.29, 0.717) is 17.2 Å². The van der Waals surface area contributed by atoms with E-state index in [9.17, 15) is 4.79 Å². The second-order valence-corrected chi connectivity index (χ2v) is 5.65. The van der Waals surface area contributed by atoms with Crippen LogP contribution in [0.15, 0.2) is 12.1 Å². The van der Waals surface area contributed by atoms with Crippen molar-refractivity contribution in [1.82, 2.24) is 5.32 Å². The first-order valence-corrected chi connectivity index (χ1v) is 7.02. The van der Waals surface area contributed by atoms with Gasteiger partial charge in [-0.3, -0.25) is 4.79 Å². The number of carbonyl (C=O) groups is 1. The number of nitrogens with one attached hydrogen (secondary N) is 1. The van der Waals surface area contributed by atoms with Crippen molar-refractivity contribution in [2.45, 2.75) is 53.5 Å². The molecule has 1 aromatic rings. The summed E-state index contributed by atoms with van der Waals surface area (Å²) < 4.78 is 0. The van der Waals surface area contributed by atoms with Gasteiger partial charge >= 0.3 is 0 Å². The lowest BCUT2D eigenvalue weighted by molar-refractivity contribution is 0.0935. The summed E-state index contributed by atoms with van der Waals surface area (Å²) in [6.45, 7) is 10.3. The second kappa shape index (κ2) is 6.60. The lowest BCUT2D eigenvalue weighted by Gasteiger charge is -2.18. The highest BCUT2D eigenvalue weighted by Crippen LogP contribution is 2.18. The number of hydrogen-bond donors (Lipinski definition) is 2. The molecule has 0 radical (unpaired) electrons. The minimum atomic E-state index is -0.0278. The molecule has 2 atom stereocenters. The Morgan fingerprint density at radius 3 is 2.47 bits per heavy atom. The van der Waals surface area contributed by atoms with E-state index < -0.39 is 0 Å². The molecular formula is C16H26N2O. The molecule has 0 saturated heterocycles. The van der Waals surface area contributed by atoms with Gasteiger partial charge in [0.25, 0.3) is 5.91 Å². The zero-order valence-electron chi connectivity index (χ0n) is 12.7. The third-order valence-corrected chi connectivity index (χ3v) is 3.69. The molecule has 1 aromatic carbocycles. The average Bonchev–Trinajstić information content (AvgIpc) is 2.33. The molecule has 2 unspecified atom stereocenters. The summed E-state index contributed by atoms with van der Waals surface area (Å²) in [6.07, 6.45) is 2.14. The van der Waals surface area contributed by atoms with Crippen molar-refractivity contribution in [3.05, 3.63) is 28.8 Å². The number of aryl methyl sites for hydroxylation is 2. The van der Waals surface area contributed by atoms with E-state index in [1.807, 2.05) is 19.9 Å². The largest absolute Gasteiger partial charge is 0.398 e. The number of nitrogen functional groups attached to an aromatic ring is 1. The van der Waals surface area contributed by atoms with E-state index in [1.54, 1.807) is 6.07 Å². The zero-order chi connectivity index (χ0) is 14.6. The van der Waals surface area contributed by atoms with Gasteiger partial charge in [-0.1, -0.05) is 26.3 Å². The molecule has 0 saturated carbocycles. The van der Waals surface area contributed by atoms with E-state index in [-0.39, 0.29) is 11.9 Å². The van der Waals surface area contributed by atoms with Gasteiger partial charge < -0.3 is 11.1 Å². The Morgan fingerprint density at radius 1 is 1.26 bits per heavy atom. The second-order valence-electron chi connectivity index (χ2n) is 5.65. The Balaban J connectivity index is 2.76. The van der Waals surface area contributed by atoms with Gasteiger partial charge in [0.15, 0.2) is 0 Å². The summed E-state index contributed by atoms with van der Waals surface area (Å²) in [6, 6.07) is 3.92. The number of rotatable bonds is 5. The minimum absolute atomic E-state index is 0.0278. The fraction of sp³-hybridized carbons (Fsp3) is 0.562. The molecule has 19 heavy (non-hydrogen) atoms. The highest BCUT2D eigenvalue weighted by molar-refractivity contribution is 5.96. The Bertz CT molecular complexity index is 454. The van der Waals surface area contributed by atoms with E-state index in [1.165, 1.54) is 0 Å². The van der Waals surface area contributed by atoms with Gasteiger partial charge in [0.05, 0.1) is 0 Å². The van der Waals surface area contributed by atoms with Gasteiger partial charge in [-0.25, -0.2) is 0 Å². The number of hydrogen-bond acceptors (Lipinski definition) is 2. The van der Waals surface area contributed by atoms with E-state index in [2.05, 4.69) is 26.1 Å². The highest BCUT2D eigenvalue weighted by Gasteiger charge is 2.14. The van der Waals surface area contributed by atoms with Crippen molar-refractivity contribution in [2.24, 2.45) is 5.92 Å². The number of nitrogens with two attached hydrogens (primary N) is 1. The normalized spacial score (nSPS) is 13.9. The van der Waals surface area contributed by atoms with Crippen LogP contribution in [-0.2, 0) is 0 Å². The van der Waals surface area contributed by atoms with Crippen LogP contribution in [0.3, 0.4) is 0 Å². The SMILES string of the molecule is CCC(C)CC(C)NC(=O)c1cc(N)c(C)cc1C. The molecule has 3 nitrogen and oxygen atoms in total. The van der Waals surface area contributed by atoms with Gasteiger partial charge in [-0.15, -0.1) is 0 Å². The van der Waals surface area contributed by atoms with Crippen LogP contribution in [0.5, 0.6) is 0 Å². The molecule has 0 aliphatic carbocycles. The molecule has 106 valence electrons. The first-order chi connectivity index (χ1) is 8.85. The van der Waals surface area contributed by atoms with Gasteiger partial charge in [0.1, 0.15) is 0 Å². The smallest absolute Gasteiger partial charge is 0.251 e. The van der Waals surface area contributed by atoms with E-state index >= 15 is 0 Å². The molecule has 0 bridgehead atoms. The average molecular weight is 262 g/mol. The minimum Gasteiger partial charge on any atom is -0.398 e. The van der Waals surface area contributed by atoms with Crippen molar-refractivity contribution in [1.29, 1.82) is 0 Å². The lowest BCUT2D eigenvalue weighted by Crippen LogP contribution is -2.34. The van der Waals surface area contributed by atoms with Crippen LogP contribution in [0.2, 0.25) is 0 Å². The fourth-order valence-electron chi connectivity index (χ4n) is 2.24. The Kier molecular flexibility index (Phi) is 5.40. The standard InChI is InChI=1S/C16H26N2O/c1-6-10(2)7-13(5)18-16(19)14-9-15(17)12(4)8-11(14)3/h8-10,13H,6-7,17H2,1-5H3,(H,18,19). The van der Waals surface area contributed by atoms with Gasteiger partial charge in [-0.05, 0) is 50.3 Å². The molecule has 0 spiro atoms. The Labute approximate surface area is 116 Å². The summed E-state index contributed by atoms with van der Waals surface area (Å²) in [4.78, 5) is 12.2. The Morgan fingerprint density at radius 2 is 1.89 bits per heavy atom. The van der Waals surface area contributed by atoms with Crippen LogP contribution in [0, 0.1) is 19.8 Å². The number of carbonyl (C=O) groups excluding carboxylic acids is 1. The molecule has 0 heterocycles. The molecule has 1 amide bonds. The lowest BCUT2D eigenvalue weighted by atomic mass is 9.99. The molecule has 1 rings (SSSR count). The van der Waals surface area contributed by atoms with Crippen LogP contribution >= 0.6 is 0 Å². The summed E-state index contributed by atoms with van der Waals surface area (Å²) in [5, 5.41) is 3.05. The van der Waals surface area contributed by atoms with E-state index in [4.69, 9.17) is 5.73 Å². The zero-order valence-corrected chi connectivity index (χ0v) is 12.7. The molecule has 3 N–H and O–H groups in total. The summed E-state index contributed by atoms with van der Waals surface area (Å²) in [5.74, 6) is 0.597. The number of benzene rings is 1. The van der Waals surface area contributed by atoms with Gasteiger partial charge in [0.2, 0.25) is 0 Å². The first kappa shape index (κ1) is 15.5. The van der Waals surface area contributed by atoms with Crippen LogP contribution in [0.25, 0.3) is 0 Å².